The lowest BCUT2D eigenvalue weighted by atomic mass is 10.1. The van der Waals surface area contributed by atoms with E-state index in [4.69, 9.17) is 4.74 Å². The van der Waals surface area contributed by atoms with E-state index in [0.717, 1.165) is 0 Å². The molecule has 18 heavy (non-hydrogen) atoms. The van der Waals surface area contributed by atoms with Crippen LogP contribution in [0.25, 0.3) is 0 Å². The van der Waals surface area contributed by atoms with Crippen LogP contribution in [0.1, 0.15) is 16.1 Å². The highest BCUT2D eigenvalue weighted by Crippen LogP contribution is 2.14. The number of benzene rings is 1. The maximum Gasteiger partial charge on any atom is 0.243 e. The van der Waals surface area contributed by atoms with E-state index in [1.54, 1.807) is 12.1 Å². The molecular weight excluding hydrogens is 235 g/mol. The number of halogens is 1. The smallest absolute Gasteiger partial charge is 0.243 e. The second-order valence-electron chi connectivity index (χ2n) is 3.64. The van der Waals surface area contributed by atoms with Crippen molar-refractivity contribution in [1.29, 1.82) is 0 Å². The molecule has 2 rings (SSSR count). The molecule has 0 amide bonds. The first kappa shape index (κ1) is 12.2. The Kier molecular flexibility index (Phi) is 3.62. The van der Waals surface area contributed by atoms with E-state index >= 15 is 0 Å². The fourth-order valence-electron chi connectivity index (χ4n) is 1.58. The quantitative estimate of drug-likeness (QED) is 0.775. The number of rotatable bonds is 4. The third-order valence-corrected chi connectivity index (χ3v) is 2.38. The molecule has 0 fully saturated rings. The van der Waals surface area contributed by atoms with E-state index in [0.29, 0.717) is 5.56 Å². The minimum absolute atomic E-state index is 0.0623. The first-order chi connectivity index (χ1) is 8.70. The maximum absolute atomic E-state index is 13.0. The average Bonchev–Trinajstić information content (AvgIpc) is 2.38. The second-order valence-corrected chi connectivity index (χ2v) is 3.64. The molecule has 0 spiro atoms. The van der Waals surface area contributed by atoms with Crippen LogP contribution in [0.4, 0.5) is 4.39 Å². The maximum atomic E-state index is 13.0. The third kappa shape index (κ3) is 2.68. The summed E-state index contributed by atoms with van der Waals surface area (Å²) >= 11 is 0. The summed E-state index contributed by atoms with van der Waals surface area (Å²) in [5.41, 5.74) is 0.747. The van der Waals surface area contributed by atoms with Gasteiger partial charge in [-0.3, -0.25) is 4.79 Å². The molecule has 1 aromatic heterocycles. The molecule has 0 radical (unpaired) electrons. The average molecular weight is 246 g/mol. The summed E-state index contributed by atoms with van der Waals surface area (Å²) in [6.45, 7) is 0. The van der Waals surface area contributed by atoms with Crippen LogP contribution in [0.2, 0.25) is 0 Å². The van der Waals surface area contributed by atoms with Crippen LogP contribution in [-0.4, -0.2) is 22.9 Å². The lowest BCUT2D eigenvalue weighted by Crippen LogP contribution is -2.09. The molecule has 2 aromatic rings. The molecule has 5 heteroatoms. The topological polar surface area (TPSA) is 52.1 Å². The van der Waals surface area contributed by atoms with Crippen molar-refractivity contribution in [2.45, 2.75) is 6.42 Å². The standard InChI is InChI=1S/C13H11FN2O2/c1-18-13-12(15-5-6-16-13)11(17)8-9-3-2-4-10(14)7-9/h2-7H,8H2,1H3. The van der Waals surface area contributed by atoms with Crippen LogP contribution in [0.5, 0.6) is 5.88 Å². The van der Waals surface area contributed by atoms with Crippen LogP contribution < -0.4 is 4.74 Å². The van der Waals surface area contributed by atoms with Crippen molar-refractivity contribution in [2.24, 2.45) is 0 Å². The van der Waals surface area contributed by atoms with Crippen molar-refractivity contribution in [2.75, 3.05) is 7.11 Å². The van der Waals surface area contributed by atoms with E-state index in [-0.39, 0.29) is 29.6 Å². The molecule has 1 aromatic carbocycles. The highest BCUT2D eigenvalue weighted by atomic mass is 19.1. The van der Waals surface area contributed by atoms with Gasteiger partial charge >= 0.3 is 0 Å². The monoisotopic (exact) mass is 246 g/mol. The van der Waals surface area contributed by atoms with Gasteiger partial charge in [0.25, 0.3) is 0 Å². The zero-order chi connectivity index (χ0) is 13.0. The molecule has 0 N–H and O–H groups in total. The Balaban J connectivity index is 2.22. The van der Waals surface area contributed by atoms with Crippen LogP contribution in [0.15, 0.2) is 36.7 Å². The van der Waals surface area contributed by atoms with E-state index in [2.05, 4.69) is 9.97 Å². The number of ether oxygens (including phenoxy) is 1. The number of Topliss-reactive ketones (excluding diaryl/α,β-unsaturated/α-hetero) is 1. The number of ketones is 1. The van der Waals surface area contributed by atoms with Crippen molar-refractivity contribution >= 4 is 5.78 Å². The summed E-state index contributed by atoms with van der Waals surface area (Å²) in [7, 11) is 1.42. The number of carbonyl (C=O) groups is 1. The van der Waals surface area contributed by atoms with Crippen LogP contribution >= 0.6 is 0 Å². The van der Waals surface area contributed by atoms with Crippen LogP contribution in [0, 0.1) is 5.82 Å². The van der Waals surface area contributed by atoms with Gasteiger partial charge in [0.1, 0.15) is 5.82 Å². The first-order valence-electron chi connectivity index (χ1n) is 5.33. The first-order valence-corrected chi connectivity index (χ1v) is 5.33. The SMILES string of the molecule is COc1nccnc1C(=O)Cc1cccc(F)c1. The predicted octanol–water partition coefficient (Wildman–Crippen LogP) is 2.05. The summed E-state index contributed by atoms with van der Waals surface area (Å²) in [6, 6.07) is 5.90. The van der Waals surface area contributed by atoms with E-state index in [1.165, 1.54) is 31.6 Å². The van der Waals surface area contributed by atoms with Gasteiger partial charge in [-0.15, -0.1) is 0 Å². The van der Waals surface area contributed by atoms with Crippen molar-refractivity contribution in [3.8, 4) is 5.88 Å². The highest BCUT2D eigenvalue weighted by Gasteiger charge is 2.15. The lowest BCUT2D eigenvalue weighted by Gasteiger charge is -2.05. The highest BCUT2D eigenvalue weighted by molar-refractivity contribution is 5.97. The second kappa shape index (κ2) is 5.35. The molecule has 1 heterocycles. The van der Waals surface area contributed by atoms with Gasteiger partial charge in [-0.2, -0.15) is 0 Å². The van der Waals surface area contributed by atoms with Gasteiger partial charge in [0.15, 0.2) is 11.5 Å². The molecule has 0 unspecified atom stereocenters. The molecule has 0 aliphatic heterocycles. The van der Waals surface area contributed by atoms with Gasteiger partial charge in [0.05, 0.1) is 7.11 Å². The van der Waals surface area contributed by atoms with E-state index in [1.807, 2.05) is 0 Å². The van der Waals surface area contributed by atoms with Crippen molar-refractivity contribution in [3.05, 3.63) is 53.7 Å². The molecule has 4 nitrogen and oxygen atoms in total. The Hall–Kier alpha value is -2.30. The van der Waals surface area contributed by atoms with Gasteiger partial charge in [0, 0.05) is 18.8 Å². The fraction of sp³-hybridized carbons (Fsp3) is 0.154. The summed E-state index contributed by atoms with van der Waals surface area (Å²) in [4.78, 5) is 19.8. The summed E-state index contributed by atoms with van der Waals surface area (Å²) in [6.07, 6.45) is 2.92. The summed E-state index contributed by atoms with van der Waals surface area (Å²) in [5, 5.41) is 0. The van der Waals surface area contributed by atoms with E-state index < -0.39 is 0 Å². The summed E-state index contributed by atoms with van der Waals surface area (Å²) in [5.74, 6) is -0.448. The Morgan fingerprint density at radius 3 is 2.83 bits per heavy atom. The Labute approximate surface area is 103 Å². The van der Waals surface area contributed by atoms with Crippen LogP contribution in [-0.2, 0) is 6.42 Å². The lowest BCUT2D eigenvalue weighted by molar-refractivity contribution is 0.0984. The fourth-order valence-corrected chi connectivity index (χ4v) is 1.58. The molecule has 92 valence electrons. The van der Waals surface area contributed by atoms with E-state index in [9.17, 15) is 9.18 Å². The number of nitrogens with zero attached hydrogens (tertiary/aromatic N) is 2. The minimum Gasteiger partial charge on any atom is -0.479 e. The van der Waals surface area contributed by atoms with Gasteiger partial charge in [-0.1, -0.05) is 12.1 Å². The largest absolute Gasteiger partial charge is 0.479 e. The molecule has 0 saturated heterocycles. The zero-order valence-electron chi connectivity index (χ0n) is 9.76. The Morgan fingerprint density at radius 1 is 1.33 bits per heavy atom. The number of hydrogen-bond donors (Lipinski definition) is 0. The van der Waals surface area contributed by atoms with Gasteiger partial charge in [-0.05, 0) is 17.7 Å². The minimum atomic E-state index is -0.369. The van der Waals surface area contributed by atoms with Gasteiger partial charge in [-0.25, -0.2) is 14.4 Å². The predicted molar refractivity (Wildman–Crippen MR) is 63.0 cm³/mol. The molecular formula is C13H11FN2O2. The van der Waals surface area contributed by atoms with Gasteiger partial charge in [0.2, 0.25) is 5.88 Å². The Morgan fingerprint density at radius 2 is 2.11 bits per heavy atom. The normalized spacial score (nSPS) is 10.1. The van der Waals surface area contributed by atoms with Gasteiger partial charge < -0.3 is 4.74 Å². The van der Waals surface area contributed by atoms with Crippen molar-refractivity contribution in [1.82, 2.24) is 9.97 Å². The third-order valence-electron chi connectivity index (χ3n) is 2.38. The molecule has 0 saturated carbocycles. The zero-order valence-corrected chi connectivity index (χ0v) is 9.76. The number of carbonyl (C=O) groups excluding carboxylic acids is 1. The van der Waals surface area contributed by atoms with Crippen molar-refractivity contribution < 1.29 is 13.9 Å². The number of hydrogen-bond acceptors (Lipinski definition) is 4. The molecule has 0 aliphatic carbocycles. The number of aromatic nitrogens is 2. The Bertz CT molecular complexity index is 572. The molecule has 0 aliphatic rings. The summed E-state index contributed by atoms with van der Waals surface area (Å²) < 4.78 is 18.0. The molecule has 0 bridgehead atoms. The number of methoxy groups -OCH3 is 1. The van der Waals surface area contributed by atoms with Crippen molar-refractivity contribution in [3.63, 3.8) is 0 Å². The van der Waals surface area contributed by atoms with Crippen LogP contribution in [0.3, 0.4) is 0 Å². The molecule has 0 atom stereocenters.